The van der Waals surface area contributed by atoms with Crippen LogP contribution in [0.25, 0.3) is 11.3 Å². The fraction of sp³-hybridized carbons (Fsp3) is 0.200. The standard InChI is InChI=1S/C35H39N3/c1-7-35(32-16-10-12-25(2)18-32)38-24-31-15-11-14-30(21-31)23-37-29(6)20-33(19-27(4)28(5)22-36)34-17-9-8-13-26(34)3/h8-22,38H,1,23-24,36H2,2-6H3/b27-19+,28-22-,33-20+,37-29?. The molecule has 0 saturated carbocycles. The van der Waals surface area contributed by atoms with Crippen molar-refractivity contribution < 1.29 is 0 Å². The number of benzene rings is 3. The summed E-state index contributed by atoms with van der Waals surface area (Å²) in [6.45, 7) is 15.6. The summed E-state index contributed by atoms with van der Waals surface area (Å²) in [4.78, 5) is 4.90. The number of nitrogens with zero attached hydrogens (tertiary/aromatic N) is 1. The Morgan fingerprint density at radius 3 is 2.34 bits per heavy atom. The van der Waals surface area contributed by atoms with Gasteiger partial charge in [-0.05, 0) is 91.9 Å². The fourth-order valence-electron chi connectivity index (χ4n) is 4.15. The predicted molar refractivity (Wildman–Crippen MR) is 165 cm³/mol. The highest BCUT2D eigenvalue weighted by molar-refractivity contribution is 6.01. The highest BCUT2D eigenvalue weighted by atomic mass is 14.9. The van der Waals surface area contributed by atoms with E-state index in [-0.39, 0.29) is 0 Å². The van der Waals surface area contributed by atoms with Gasteiger partial charge in [-0.15, -0.1) is 5.73 Å². The maximum absolute atomic E-state index is 5.77. The van der Waals surface area contributed by atoms with E-state index in [4.69, 9.17) is 10.7 Å². The highest BCUT2D eigenvalue weighted by Gasteiger charge is 2.06. The van der Waals surface area contributed by atoms with Gasteiger partial charge in [-0.25, -0.2) is 0 Å². The maximum atomic E-state index is 5.77. The Balaban J connectivity index is 1.78. The number of hydrogen-bond donors (Lipinski definition) is 2. The molecule has 38 heavy (non-hydrogen) atoms. The first-order valence-electron chi connectivity index (χ1n) is 13.0. The average Bonchev–Trinajstić information content (AvgIpc) is 2.92. The van der Waals surface area contributed by atoms with E-state index < -0.39 is 0 Å². The molecule has 3 aromatic carbocycles. The molecule has 0 radical (unpaired) electrons. The Morgan fingerprint density at radius 2 is 1.63 bits per heavy atom. The van der Waals surface area contributed by atoms with E-state index >= 15 is 0 Å². The van der Waals surface area contributed by atoms with E-state index in [1.165, 1.54) is 27.8 Å². The SMILES string of the molecule is C=C=C(NCc1cccc(CN=C(C)\C=C(/C=C(C)/C(C)=C\N)c2ccccc2C)c1)c1cccc(C)c1. The van der Waals surface area contributed by atoms with Crippen molar-refractivity contribution in [2.24, 2.45) is 10.7 Å². The molecule has 0 spiro atoms. The number of allylic oxidation sites excluding steroid dienone is 5. The van der Waals surface area contributed by atoms with Gasteiger partial charge in [0.05, 0.1) is 12.2 Å². The smallest absolute Gasteiger partial charge is 0.0844 e. The second kappa shape index (κ2) is 13.8. The molecular weight excluding hydrogens is 462 g/mol. The minimum Gasteiger partial charge on any atom is -0.404 e. The molecule has 0 aliphatic carbocycles. The molecule has 194 valence electrons. The van der Waals surface area contributed by atoms with Crippen LogP contribution in [0.4, 0.5) is 0 Å². The lowest BCUT2D eigenvalue weighted by Gasteiger charge is -2.11. The van der Waals surface area contributed by atoms with Crippen molar-refractivity contribution >= 4 is 17.0 Å². The molecule has 0 saturated heterocycles. The third-order valence-electron chi connectivity index (χ3n) is 6.52. The molecule has 3 aromatic rings. The lowest BCUT2D eigenvalue weighted by Crippen LogP contribution is -2.11. The summed E-state index contributed by atoms with van der Waals surface area (Å²) in [5, 5.41) is 3.48. The first-order valence-corrected chi connectivity index (χ1v) is 13.0. The zero-order valence-corrected chi connectivity index (χ0v) is 23.3. The Labute approximate surface area is 228 Å². The van der Waals surface area contributed by atoms with Crippen molar-refractivity contribution in [3.8, 4) is 0 Å². The molecule has 3 nitrogen and oxygen atoms in total. The van der Waals surface area contributed by atoms with Gasteiger partial charge in [0.1, 0.15) is 0 Å². The van der Waals surface area contributed by atoms with Gasteiger partial charge in [0.15, 0.2) is 0 Å². The zero-order valence-electron chi connectivity index (χ0n) is 23.3. The van der Waals surface area contributed by atoms with Crippen LogP contribution in [-0.4, -0.2) is 5.71 Å². The van der Waals surface area contributed by atoms with Crippen LogP contribution in [0.3, 0.4) is 0 Å². The molecule has 0 aliphatic rings. The summed E-state index contributed by atoms with van der Waals surface area (Å²) in [7, 11) is 0. The quantitative estimate of drug-likeness (QED) is 0.168. The van der Waals surface area contributed by atoms with Gasteiger partial charge in [0, 0.05) is 17.8 Å². The van der Waals surface area contributed by atoms with Gasteiger partial charge in [-0.1, -0.05) is 84.9 Å². The second-order valence-electron chi connectivity index (χ2n) is 9.64. The van der Waals surface area contributed by atoms with Crippen molar-refractivity contribution in [2.75, 3.05) is 0 Å². The van der Waals surface area contributed by atoms with Gasteiger partial charge < -0.3 is 11.1 Å². The number of rotatable bonds is 10. The normalized spacial score (nSPS) is 12.8. The molecule has 3 heteroatoms. The van der Waals surface area contributed by atoms with E-state index in [1.54, 1.807) is 6.20 Å². The van der Waals surface area contributed by atoms with Crippen LogP contribution in [-0.2, 0) is 13.1 Å². The molecule has 3 N–H and O–H groups in total. The van der Waals surface area contributed by atoms with E-state index in [1.807, 2.05) is 6.92 Å². The minimum atomic E-state index is 0.615. The largest absolute Gasteiger partial charge is 0.404 e. The van der Waals surface area contributed by atoms with Crippen LogP contribution in [0.5, 0.6) is 0 Å². The van der Waals surface area contributed by atoms with Crippen LogP contribution in [0, 0.1) is 13.8 Å². The number of aryl methyl sites for hydroxylation is 2. The summed E-state index contributed by atoms with van der Waals surface area (Å²) >= 11 is 0. The first kappa shape index (κ1) is 28.2. The Kier molecular flexibility index (Phi) is 10.3. The molecule has 0 bridgehead atoms. The fourth-order valence-corrected chi connectivity index (χ4v) is 4.15. The zero-order chi connectivity index (χ0) is 27.5. The summed E-state index contributed by atoms with van der Waals surface area (Å²) in [5.41, 5.74) is 21.1. The third kappa shape index (κ3) is 8.09. The van der Waals surface area contributed by atoms with Gasteiger partial charge in [0.25, 0.3) is 0 Å². The van der Waals surface area contributed by atoms with E-state index in [2.05, 4.69) is 130 Å². The topological polar surface area (TPSA) is 50.4 Å². The number of hydrogen-bond acceptors (Lipinski definition) is 3. The van der Waals surface area contributed by atoms with E-state index in [0.29, 0.717) is 13.1 Å². The number of nitrogens with one attached hydrogen (secondary N) is 1. The van der Waals surface area contributed by atoms with Crippen molar-refractivity contribution in [1.82, 2.24) is 5.32 Å². The van der Waals surface area contributed by atoms with Crippen LogP contribution in [0.1, 0.15) is 54.2 Å². The van der Waals surface area contributed by atoms with Crippen LogP contribution in [0.2, 0.25) is 0 Å². The second-order valence-corrected chi connectivity index (χ2v) is 9.64. The molecule has 0 aromatic heterocycles. The van der Waals surface area contributed by atoms with Crippen LogP contribution < -0.4 is 11.1 Å². The molecule has 0 aliphatic heterocycles. The van der Waals surface area contributed by atoms with Gasteiger partial charge in [-0.3, -0.25) is 4.99 Å². The molecule has 0 amide bonds. The predicted octanol–water partition coefficient (Wildman–Crippen LogP) is 8.07. The summed E-state index contributed by atoms with van der Waals surface area (Å²) in [5.74, 6) is 0. The minimum absolute atomic E-state index is 0.615. The lowest BCUT2D eigenvalue weighted by atomic mass is 9.96. The van der Waals surface area contributed by atoms with E-state index in [9.17, 15) is 0 Å². The molecule has 0 atom stereocenters. The third-order valence-corrected chi connectivity index (χ3v) is 6.52. The van der Waals surface area contributed by atoms with Crippen molar-refractivity contribution in [2.45, 2.75) is 47.7 Å². The monoisotopic (exact) mass is 501 g/mol. The summed E-state index contributed by atoms with van der Waals surface area (Å²) in [6.07, 6.45) is 5.99. The molecular formula is C35H39N3. The van der Waals surface area contributed by atoms with Gasteiger partial charge >= 0.3 is 0 Å². The Hall–Kier alpha value is -4.33. The first-order chi connectivity index (χ1) is 18.3. The molecule has 0 unspecified atom stereocenters. The Bertz CT molecular complexity index is 1440. The lowest BCUT2D eigenvalue weighted by molar-refractivity contribution is 0.886. The molecule has 0 fully saturated rings. The van der Waals surface area contributed by atoms with E-state index in [0.717, 1.165) is 33.7 Å². The van der Waals surface area contributed by atoms with Crippen molar-refractivity contribution in [3.05, 3.63) is 148 Å². The van der Waals surface area contributed by atoms with Crippen LogP contribution >= 0.6 is 0 Å². The van der Waals surface area contributed by atoms with Gasteiger partial charge in [0.2, 0.25) is 0 Å². The van der Waals surface area contributed by atoms with Crippen LogP contribution in [0.15, 0.2) is 120 Å². The molecule has 3 rings (SSSR count). The van der Waals surface area contributed by atoms with Gasteiger partial charge in [-0.2, -0.15) is 0 Å². The number of nitrogens with two attached hydrogens (primary N) is 1. The highest BCUT2D eigenvalue weighted by Crippen LogP contribution is 2.23. The Morgan fingerprint density at radius 1 is 0.895 bits per heavy atom. The average molecular weight is 502 g/mol. The van der Waals surface area contributed by atoms with Crippen molar-refractivity contribution in [3.63, 3.8) is 0 Å². The summed E-state index contributed by atoms with van der Waals surface area (Å²) < 4.78 is 0. The van der Waals surface area contributed by atoms with Crippen molar-refractivity contribution in [1.29, 1.82) is 0 Å². The number of aliphatic imine (C=N–C) groups is 1. The molecule has 0 heterocycles. The summed E-state index contributed by atoms with van der Waals surface area (Å²) in [6, 6.07) is 25.3. The maximum Gasteiger partial charge on any atom is 0.0844 e.